The number of anilines is 2. The van der Waals surface area contributed by atoms with Gasteiger partial charge in [0.1, 0.15) is 11.5 Å². The van der Waals surface area contributed by atoms with Crippen LogP contribution in [0.1, 0.15) is 73.8 Å². The first-order chi connectivity index (χ1) is 18.8. The SMILES string of the molecule is COc1ccc(-c2c(NC(C)(C)C)oc3c2C(=O)c2oc(NC(C)(C)C)c(-c4ccc(OC)cc4)c2C3=O)cc1. The quantitative estimate of drug-likeness (QED) is 0.228. The zero-order valence-electron chi connectivity index (χ0n) is 24.1. The van der Waals surface area contributed by atoms with Gasteiger partial charge in [0.25, 0.3) is 0 Å². The zero-order valence-corrected chi connectivity index (χ0v) is 24.1. The van der Waals surface area contributed by atoms with Crippen LogP contribution in [0, 0.1) is 0 Å². The predicted molar refractivity (Wildman–Crippen MR) is 155 cm³/mol. The van der Waals surface area contributed by atoms with Crippen molar-refractivity contribution < 1.29 is 27.9 Å². The molecular formula is C32H34N2O6. The van der Waals surface area contributed by atoms with Gasteiger partial charge in [0.2, 0.25) is 23.3 Å². The van der Waals surface area contributed by atoms with Gasteiger partial charge in [0, 0.05) is 11.1 Å². The highest BCUT2D eigenvalue weighted by molar-refractivity contribution is 6.31. The Kier molecular flexibility index (Phi) is 6.53. The number of hydrogen-bond donors (Lipinski definition) is 2. The van der Waals surface area contributed by atoms with Crippen LogP contribution in [0.4, 0.5) is 11.8 Å². The molecule has 2 heterocycles. The van der Waals surface area contributed by atoms with E-state index in [0.717, 1.165) is 0 Å². The number of carbonyl (C=O) groups excluding carboxylic acids is 2. The lowest BCUT2D eigenvalue weighted by molar-refractivity contribution is 0.0945. The molecule has 0 atom stereocenters. The molecule has 2 N–H and O–H groups in total. The third-order valence-corrected chi connectivity index (χ3v) is 6.42. The summed E-state index contributed by atoms with van der Waals surface area (Å²) < 4.78 is 23.0. The molecule has 8 nitrogen and oxygen atoms in total. The third kappa shape index (κ3) is 4.85. The lowest BCUT2D eigenvalue weighted by Gasteiger charge is -2.21. The molecule has 1 aliphatic rings. The molecule has 0 aliphatic heterocycles. The number of ether oxygens (including phenoxy) is 2. The molecule has 4 aromatic rings. The topological polar surface area (TPSA) is 103 Å². The van der Waals surface area contributed by atoms with E-state index in [9.17, 15) is 9.59 Å². The molecule has 1 aliphatic carbocycles. The molecule has 0 unspecified atom stereocenters. The van der Waals surface area contributed by atoms with Crippen LogP contribution in [0.3, 0.4) is 0 Å². The van der Waals surface area contributed by atoms with Gasteiger partial charge >= 0.3 is 0 Å². The number of ketones is 2. The minimum atomic E-state index is -0.419. The number of fused-ring (bicyclic) bond motifs is 2. The minimum Gasteiger partial charge on any atom is -0.497 e. The largest absolute Gasteiger partial charge is 0.497 e. The van der Waals surface area contributed by atoms with E-state index in [1.165, 1.54) is 0 Å². The molecule has 0 saturated heterocycles. The van der Waals surface area contributed by atoms with Crippen molar-refractivity contribution in [1.82, 2.24) is 0 Å². The van der Waals surface area contributed by atoms with Crippen molar-refractivity contribution in [2.75, 3.05) is 24.9 Å². The van der Waals surface area contributed by atoms with E-state index in [-0.39, 0.29) is 22.6 Å². The van der Waals surface area contributed by atoms with Crippen molar-refractivity contribution >= 4 is 23.3 Å². The molecule has 208 valence electrons. The lowest BCUT2D eigenvalue weighted by Crippen LogP contribution is -2.26. The van der Waals surface area contributed by atoms with Crippen LogP contribution >= 0.6 is 0 Å². The van der Waals surface area contributed by atoms with Crippen LogP contribution in [0.15, 0.2) is 57.4 Å². The van der Waals surface area contributed by atoms with E-state index in [4.69, 9.17) is 18.3 Å². The van der Waals surface area contributed by atoms with Crippen LogP contribution in [0.2, 0.25) is 0 Å². The number of carbonyl (C=O) groups is 2. The molecule has 0 saturated carbocycles. The van der Waals surface area contributed by atoms with Gasteiger partial charge in [-0.15, -0.1) is 0 Å². The van der Waals surface area contributed by atoms with E-state index in [2.05, 4.69) is 10.6 Å². The smallest absolute Gasteiger partial charge is 0.233 e. The maximum Gasteiger partial charge on any atom is 0.233 e. The number of furan rings is 2. The Labute approximate surface area is 233 Å². The highest BCUT2D eigenvalue weighted by atomic mass is 16.5. The van der Waals surface area contributed by atoms with Gasteiger partial charge in [-0.25, -0.2) is 0 Å². The molecule has 0 spiro atoms. The van der Waals surface area contributed by atoms with Gasteiger partial charge in [-0.1, -0.05) is 24.3 Å². The van der Waals surface area contributed by atoms with Gasteiger partial charge in [0.05, 0.1) is 36.5 Å². The standard InChI is InChI=1S/C32H34N2O6/c1-31(2,3)33-29-21(17-9-13-19(37-7)14-10-17)23-25(35)28-24(26(36)27(23)39-29)22(30(40-28)34-32(4,5)6)18-11-15-20(38-8)16-12-18/h9-16,33-34H,1-8H3. The molecule has 2 aromatic carbocycles. The van der Waals surface area contributed by atoms with Crippen molar-refractivity contribution in [2.24, 2.45) is 0 Å². The number of hydrogen-bond acceptors (Lipinski definition) is 8. The first kappa shape index (κ1) is 27.1. The molecular weight excluding hydrogens is 508 g/mol. The van der Waals surface area contributed by atoms with Crippen LogP contribution in [-0.2, 0) is 0 Å². The van der Waals surface area contributed by atoms with Gasteiger partial charge in [-0.05, 0) is 76.9 Å². The highest BCUT2D eigenvalue weighted by Gasteiger charge is 2.44. The summed E-state index contributed by atoms with van der Waals surface area (Å²) in [7, 11) is 3.18. The van der Waals surface area contributed by atoms with Crippen LogP contribution in [0.5, 0.6) is 11.5 Å². The summed E-state index contributed by atoms with van der Waals surface area (Å²) in [6.07, 6.45) is 0. The van der Waals surface area contributed by atoms with Gasteiger partial charge in [-0.2, -0.15) is 0 Å². The van der Waals surface area contributed by atoms with E-state index in [1.54, 1.807) is 38.5 Å². The van der Waals surface area contributed by atoms with Crippen molar-refractivity contribution in [2.45, 2.75) is 52.6 Å². The first-order valence-corrected chi connectivity index (χ1v) is 13.1. The molecule has 5 rings (SSSR count). The third-order valence-electron chi connectivity index (χ3n) is 6.42. The van der Waals surface area contributed by atoms with Gasteiger partial charge < -0.3 is 28.9 Å². The summed E-state index contributed by atoms with van der Waals surface area (Å²) >= 11 is 0. The Hall–Kier alpha value is -4.46. The van der Waals surface area contributed by atoms with Crippen molar-refractivity contribution in [3.63, 3.8) is 0 Å². The second-order valence-corrected chi connectivity index (χ2v) is 11.9. The molecule has 0 amide bonds. The first-order valence-electron chi connectivity index (χ1n) is 13.1. The summed E-state index contributed by atoms with van der Waals surface area (Å²) in [6.45, 7) is 11.9. The van der Waals surface area contributed by atoms with Crippen molar-refractivity contribution in [1.29, 1.82) is 0 Å². The second-order valence-electron chi connectivity index (χ2n) is 11.9. The molecule has 0 radical (unpaired) electrons. The van der Waals surface area contributed by atoms with Gasteiger partial charge in [-0.3, -0.25) is 9.59 Å². The number of benzene rings is 2. The van der Waals surface area contributed by atoms with E-state index in [0.29, 0.717) is 45.5 Å². The highest BCUT2D eigenvalue weighted by Crippen LogP contribution is 2.48. The normalized spacial score (nSPS) is 13.1. The Bertz CT molecular complexity index is 1470. The van der Waals surface area contributed by atoms with E-state index >= 15 is 0 Å². The second kappa shape index (κ2) is 9.62. The maximum atomic E-state index is 14.2. The lowest BCUT2D eigenvalue weighted by atomic mass is 9.86. The number of nitrogens with one attached hydrogen (secondary N) is 2. The fourth-order valence-corrected chi connectivity index (χ4v) is 4.77. The summed E-state index contributed by atoms with van der Waals surface area (Å²) in [5.41, 5.74) is 1.96. The summed E-state index contributed by atoms with van der Waals surface area (Å²) in [4.78, 5) is 28.4. The fraction of sp³-hybridized carbons (Fsp3) is 0.312. The van der Waals surface area contributed by atoms with Gasteiger partial charge in [0.15, 0.2) is 11.5 Å². The number of methoxy groups -OCH3 is 2. The molecule has 8 heteroatoms. The van der Waals surface area contributed by atoms with E-state index in [1.807, 2.05) is 65.8 Å². The summed E-state index contributed by atoms with van der Waals surface area (Å²) in [5, 5.41) is 6.67. The van der Waals surface area contributed by atoms with Crippen molar-refractivity contribution in [3.05, 3.63) is 71.2 Å². The number of rotatable bonds is 6. The monoisotopic (exact) mass is 542 g/mol. The summed E-state index contributed by atoms with van der Waals surface area (Å²) in [6, 6.07) is 14.6. The molecule has 0 fully saturated rings. The maximum absolute atomic E-state index is 14.2. The van der Waals surface area contributed by atoms with Crippen LogP contribution < -0.4 is 20.1 Å². The zero-order chi connectivity index (χ0) is 29.0. The molecule has 2 aromatic heterocycles. The van der Waals surface area contributed by atoms with Crippen molar-refractivity contribution in [3.8, 4) is 33.8 Å². The minimum absolute atomic E-state index is 0.0204. The van der Waals surface area contributed by atoms with Crippen LogP contribution in [-0.4, -0.2) is 36.9 Å². The van der Waals surface area contributed by atoms with Crippen LogP contribution in [0.25, 0.3) is 22.3 Å². The average molecular weight is 543 g/mol. The fourth-order valence-electron chi connectivity index (χ4n) is 4.77. The Balaban J connectivity index is 1.75. The predicted octanol–water partition coefficient (Wildman–Crippen LogP) is 7.42. The average Bonchev–Trinajstić information content (AvgIpc) is 3.44. The Morgan fingerprint density at radius 1 is 0.550 bits per heavy atom. The Morgan fingerprint density at radius 3 is 1.15 bits per heavy atom. The molecule has 40 heavy (non-hydrogen) atoms. The van der Waals surface area contributed by atoms with E-state index < -0.39 is 22.6 Å². The summed E-state index contributed by atoms with van der Waals surface area (Å²) in [5.74, 6) is 1.15. The molecule has 0 bridgehead atoms. The Morgan fingerprint density at radius 2 is 0.875 bits per heavy atom.